The summed E-state index contributed by atoms with van der Waals surface area (Å²) in [5.74, 6) is 0.863. The zero-order chi connectivity index (χ0) is 19.5. The topological polar surface area (TPSA) is 76.9 Å². The molecule has 1 amide bonds. The van der Waals surface area contributed by atoms with Gasteiger partial charge in [-0.3, -0.25) is 14.2 Å². The molecule has 1 aromatic carbocycles. The maximum atomic E-state index is 12.6. The highest BCUT2D eigenvalue weighted by atomic mass is 35.5. The van der Waals surface area contributed by atoms with Crippen molar-refractivity contribution in [3.63, 3.8) is 0 Å². The number of carbonyl (C=O) groups excluding carboxylic acids is 1. The summed E-state index contributed by atoms with van der Waals surface area (Å²) >= 11 is 5.82. The summed E-state index contributed by atoms with van der Waals surface area (Å²) in [5.41, 5.74) is 0.721. The second-order valence-electron chi connectivity index (χ2n) is 7.29. The number of carbonyl (C=O) groups is 1. The molecule has 0 bridgehead atoms. The van der Waals surface area contributed by atoms with E-state index in [-0.39, 0.29) is 17.4 Å². The van der Waals surface area contributed by atoms with Crippen molar-refractivity contribution in [3.05, 3.63) is 64.3 Å². The number of hydrogen-bond donors (Lipinski definition) is 1. The quantitative estimate of drug-likeness (QED) is 0.725. The highest BCUT2D eigenvalue weighted by Crippen LogP contribution is 2.30. The average Bonchev–Trinajstić information content (AvgIpc) is 2.72. The highest BCUT2D eigenvalue weighted by Gasteiger charge is 2.27. The number of hydrogen-bond acceptors (Lipinski definition) is 4. The van der Waals surface area contributed by atoms with Gasteiger partial charge in [-0.05, 0) is 55.9 Å². The Morgan fingerprint density at radius 2 is 1.89 bits per heavy atom. The Labute approximate surface area is 167 Å². The molecule has 3 aromatic rings. The molecular formula is C21H21ClN4O2. The molecule has 0 radical (unpaired) electrons. The van der Waals surface area contributed by atoms with Gasteiger partial charge in [0.2, 0.25) is 5.91 Å². The van der Waals surface area contributed by atoms with Crippen molar-refractivity contribution in [1.82, 2.24) is 14.5 Å². The largest absolute Gasteiger partial charge is 0.310 e. The molecule has 6 nitrogen and oxygen atoms in total. The van der Waals surface area contributed by atoms with Crippen LogP contribution in [0, 0.1) is 11.8 Å². The van der Waals surface area contributed by atoms with Crippen LogP contribution in [0.5, 0.6) is 0 Å². The molecule has 1 aliphatic rings. The molecule has 4 rings (SSSR count). The number of halogens is 1. The monoisotopic (exact) mass is 396 g/mol. The van der Waals surface area contributed by atoms with E-state index in [1.165, 1.54) is 6.20 Å². The van der Waals surface area contributed by atoms with Crippen molar-refractivity contribution in [2.75, 3.05) is 5.32 Å². The highest BCUT2D eigenvalue weighted by molar-refractivity contribution is 6.30. The van der Waals surface area contributed by atoms with Crippen LogP contribution in [0.4, 0.5) is 5.82 Å². The molecule has 1 aliphatic carbocycles. The van der Waals surface area contributed by atoms with E-state index < -0.39 is 0 Å². The molecule has 2 heterocycles. The van der Waals surface area contributed by atoms with Gasteiger partial charge >= 0.3 is 0 Å². The lowest BCUT2D eigenvalue weighted by molar-refractivity contribution is -0.121. The van der Waals surface area contributed by atoms with E-state index in [2.05, 4.69) is 15.3 Å². The summed E-state index contributed by atoms with van der Waals surface area (Å²) < 4.78 is 1.70. The van der Waals surface area contributed by atoms with Gasteiger partial charge in [-0.1, -0.05) is 23.7 Å². The Balaban J connectivity index is 1.35. The molecule has 0 spiro atoms. The van der Waals surface area contributed by atoms with Crippen LogP contribution in [-0.4, -0.2) is 20.4 Å². The van der Waals surface area contributed by atoms with Gasteiger partial charge in [0.05, 0.1) is 22.3 Å². The van der Waals surface area contributed by atoms with Crippen LogP contribution in [0.3, 0.4) is 0 Å². The summed E-state index contributed by atoms with van der Waals surface area (Å²) in [5, 5.41) is 4.04. The van der Waals surface area contributed by atoms with Gasteiger partial charge in [0.25, 0.3) is 5.56 Å². The predicted molar refractivity (Wildman–Crippen MR) is 109 cm³/mol. The first-order valence-electron chi connectivity index (χ1n) is 9.47. The third kappa shape index (κ3) is 4.07. The van der Waals surface area contributed by atoms with Crippen LogP contribution < -0.4 is 10.9 Å². The summed E-state index contributed by atoms with van der Waals surface area (Å²) in [6.07, 6.45) is 6.58. The molecule has 1 N–H and O–H groups in total. The van der Waals surface area contributed by atoms with Crippen LogP contribution >= 0.6 is 11.6 Å². The van der Waals surface area contributed by atoms with Gasteiger partial charge in [-0.15, -0.1) is 0 Å². The molecule has 0 atom stereocenters. The molecule has 1 fully saturated rings. The fourth-order valence-corrected chi connectivity index (χ4v) is 3.91. The van der Waals surface area contributed by atoms with Crippen LogP contribution in [-0.2, 0) is 11.3 Å². The minimum absolute atomic E-state index is 0.000667. The smallest absolute Gasteiger partial charge is 0.261 e. The Morgan fingerprint density at radius 3 is 2.64 bits per heavy atom. The molecule has 7 heteroatoms. The van der Waals surface area contributed by atoms with Crippen LogP contribution in [0.1, 0.15) is 25.7 Å². The molecule has 0 saturated heterocycles. The van der Waals surface area contributed by atoms with E-state index in [1.807, 2.05) is 24.3 Å². The zero-order valence-corrected chi connectivity index (χ0v) is 16.1. The summed E-state index contributed by atoms with van der Waals surface area (Å²) in [6.45, 7) is 0.643. The lowest BCUT2D eigenvalue weighted by Crippen LogP contribution is -2.30. The standard InChI is InChI=1S/C21H21ClN4O2/c22-16-9-10-19(23-11-16)25-20(27)15-7-5-14(6-8-15)12-26-13-24-18-4-2-1-3-17(18)21(26)28/h1-4,9-11,13-15H,5-8,12H2,(H,23,25,27). The summed E-state index contributed by atoms with van der Waals surface area (Å²) in [6, 6.07) is 10.8. The lowest BCUT2D eigenvalue weighted by Gasteiger charge is -2.28. The van der Waals surface area contributed by atoms with Gasteiger partial charge in [0.15, 0.2) is 0 Å². The number of rotatable bonds is 4. The lowest BCUT2D eigenvalue weighted by atomic mass is 9.81. The van der Waals surface area contributed by atoms with Crippen molar-refractivity contribution in [2.24, 2.45) is 11.8 Å². The van der Waals surface area contributed by atoms with Gasteiger partial charge in [0.1, 0.15) is 5.82 Å². The molecular weight excluding hydrogens is 376 g/mol. The van der Waals surface area contributed by atoms with E-state index in [9.17, 15) is 9.59 Å². The number of anilines is 1. The fourth-order valence-electron chi connectivity index (χ4n) is 3.80. The van der Waals surface area contributed by atoms with Gasteiger partial charge in [0, 0.05) is 18.7 Å². The van der Waals surface area contributed by atoms with Crippen molar-refractivity contribution < 1.29 is 4.79 Å². The third-order valence-electron chi connectivity index (χ3n) is 5.38. The van der Waals surface area contributed by atoms with E-state index >= 15 is 0 Å². The summed E-state index contributed by atoms with van der Waals surface area (Å²) in [7, 11) is 0. The second-order valence-corrected chi connectivity index (χ2v) is 7.72. The fraction of sp³-hybridized carbons (Fsp3) is 0.333. The maximum absolute atomic E-state index is 12.6. The van der Waals surface area contributed by atoms with Crippen LogP contribution in [0.15, 0.2) is 53.7 Å². The van der Waals surface area contributed by atoms with E-state index in [0.29, 0.717) is 28.7 Å². The second kappa shape index (κ2) is 8.10. The Kier molecular flexibility index (Phi) is 5.39. The molecule has 0 aliphatic heterocycles. The Hall–Kier alpha value is -2.73. The molecule has 0 unspecified atom stereocenters. The van der Waals surface area contributed by atoms with Gasteiger partial charge < -0.3 is 5.32 Å². The van der Waals surface area contributed by atoms with Gasteiger partial charge in [-0.25, -0.2) is 9.97 Å². The Bertz CT molecular complexity index is 1040. The number of amides is 1. The van der Waals surface area contributed by atoms with Gasteiger partial charge in [-0.2, -0.15) is 0 Å². The molecule has 1 saturated carbocycles. The number of nitrogens with zero attached hydrogens (tertiary/aromatic N) is 3. The first-order valence-corrected chi connectivity index (χ1v) is 9.84. The van der Waals surface area contributed by atoms with E-state index in [4.69, 9.17) is 11.6 Å². The van der Waals surface area contributed by atoms with Crippen molar-refractivity contribution >= 4 is 34.2 Å². The van der Waals surface area contributed by atoms with Crippen LogP contribution in [0.25, 0.3) is 10.9 Å². The third-order valence-corrected chi connectivity index (χ3v) is 5.61. The van der Waals surface area contributed by atoms with Crippen molar-refractivity contribution in [2.45, 2.75) is 32.2 Å². The summed E-state index contributed by atoms with van der Waals surface area (Å²) in [4.78, 5) is 33.6. The predicted octanol–water partition coefficient (Wildman–Crippen LogP) is 3.89. The molecule has 28 heavy (non-hydrogen) atoms. The van der Waals surface area contributed by atoms with Crippen molar-refractivity contribution in [3.8, 4) is 0 Å². The molecule has 2 aromatic heterocycles. The van der Waals surface area contributed by atoms with Crippen LogP contribution in [0.2, 0.25) is 5.02 Å². The SMILES string of the molecule is O=C(Nc1ccc(Cl)cn1)C1CCC(Cn2cnc3ccccc3c2=O)CC1. The maximum Gasteiger partial charge on any atom is 0.261 e. The van der Waals surface area contributed by atoms with E-state index in [1.54, 1.807) is 23.0 Å². The number of para-hydroxylation sites is 1. The first kappa shape index (κ1) is 18.6. The Morgan fingerprint density at radius 1 is 1.11 bits per heavy atom. The normalized spacial score (nSPS) is 19.5. The zero-order valence-electron chi connectivity index (χ0n) is 15.3. The number of benzene rings is 1. The number of aromatic nitrogens is 3. The molecule has 144 valence electrons. The minimum Gasteiger partial charge on any atom is -0.310 e. The van der Waals surface area contributed by atoms with Crippen molar-refractivity contribution in [1.29, 1.82) is 0 Å². The first-order chi connectivity index (χ1) is 13.6. The average molecular weight is 397 g/mol. The number of pyridine rings is 1. The number of nitrogens with one attached hydrogen (secondary N) is 1. The minimum atomic E-state index is -0.0276. The number of fused-ring (bicyclic) bond motifs is 1. The van der Waals surface area contributed by atoms with E-state index in [0.717, 1.165) is 31.2 Å².